The zero-order chi connectivity index (χ0) is 27.1. The molecule has 0 bridgehead atoms. The van der Waals surface area contributed by atoms with E-state index >= 15 is 0 Å². The molecule has 0 atom stereocenters. The molecule has 8 nitrogen and oxygen atoms in total. The van der Waals surface area contributed by atoms with E-state index in [9.17, 15) is 13.2 Å². The maximum Gasteiger partial charge on any atom is 0.261 e. The van der Waals surface area contributed by atoms with Crippen molar-refractivity contribution in [2.45, 2.75) is 18.2 Å². The van der Waals surface area contributed by atoms with Gasteiger partial charge in [-0.25, -0.2) is 8.42 Å². The summed E-state index contributed by atoms with van der Waals surface area (Å²) < 4.78 is 44.3. The average Bonchev–Trinajstić information content (AvgIpc) is 3.59. The van der Waals surface area contributed by atoms with E-state index in [0.29, 0.717) is 47.1 Å². The number of furan rings is 1. The van der Waals surface area contributed by atoms with Gasteiger partial charge in [0.05, 0.1) is 24.3 Å². The topological polar surface area (TPSA) is 115 Å². The van der Waals surface area contributed by atoms with E-state index in [-0.39, 0.29) is 17.3 Å². The summed E-state index contributed by atoms with van der Waals surface area (Å²) in [6.07, 6.45) is 4.84. The number of aliphatic hydroxyl groups is 1. The monoisotopic (exact) mass is 553 g/mol. The van der Waals surface area contributed by atoms with Gasteiger partial charge in [-0.2, -0.15) is 0 Å². The molecule has 4 rings (SSSR count). The highest BCUT2D eigenvalue weighted by Gasteiger charge is 2.17. The molecule has 0 saturated heterocycles. The molecule has 10 heteroatoms. The van der Waals surface area contributed by atoms with Gasteiger partial charge in [0.25, 0.3) is 10.0 Å². The van der Waals surface area contributed by atoms with Crippen LogP contribution in [0.3, 0.4) is 0 Å². The van der Waals surface area contributed by atoms with Gasteiger partial charge in [-0.3, -0.25) is 9.52 Å². The molecule has 0 spiro atoms. The van der Waals surface area contributed by atoms with Crippen LogP contribution in [0.4, 0.5) is 5.69 Å². The number of rotatable bonds is 12. The molecule has 0 unspecified atom stereocenters. The minimum atomic E-state index is -3.83. The van der Waals surface area contributed by atoms with Crippen LogP contribution in [0.25, 0.3) is 16.5 Å². The number of anilines is 1. The smallest absolute Gasteiger partial charge is 0.261 e. The number of aryl methyl sites for hydroxylation is 1. The number of methoxy groups -OCH3 is 1. The van der Waals surface area contributed by atoms with Crippen LogP contribution >= 0.6 is 11.3 Å². The maximum absolute atomic E-state index is 12.9. The van der Waals surface area contributed by atoms with Gasteiger partial charge in [-0.1, -0.05) is 6.07 Å². The van der Waals surface area contributed by atoms with Crippen LogP contribution < -0.4 is 14.2 Å². The van der Waals surface area contributed by atoms with Crippen molar-refractivity contribution in [1.82, 2.24) is 0 Å². The Balaban J connectivity index is 1.57. The molecule has 0 aliphatic carbocycles. The van der Waals surface area contributed by atoms with Crippen molar-refractivity contribution < 1.29 is 32.2 Å². The van der Waals surface area contributed by atoms with Gasteiger partial charge in [-0.15, -0.1) is 11.3 Å². The number of carbonyl (C=O) groups excluding carboxylic acids is 1. The number of aliphatic hydroxyl groups excluding tert-OH is 1. The number of carbonyl (C=O) groups is 1. The molecular weight excluding hydrogens is 526 g/mol. The van der Waals surface area contributed by atoms with Gasteiger partial charge in [0.15, 0.2) is 5.78 Å². The van der Waals surface area contributed by atoms with Crippen LogP contribution in [0.5, 0.6) is 11.5 Å². The number of hydrogen-bond donors (Lipinski definition) is 2. The van der Waals surface area contributed by atoms with E-state index in [2.05, 4.69) is 4.72 Å². The number of ether oxygens (including phenoxy) is 2. The number of sulfonamides is 1. The molecule has 2 aromatic heterocycles. The van der Waals surface area contributed by atoms with Gasteiger partial charge in [0.1, 0.15) is 23.5 Å². The Morgan fingerprint density at radius 2 is 1.92 bits per heavy atom. The molecule has 38 heavy (non-hydrogen) atoms. The lowest BCUT2D eigenvalue weighted by Crippen LogP contribution is -2.12. The molecule has 0 aliphatic rings. The molecule has 4 aromatic rings. The van der Waals surface area contributed by atoms with Crippen molar-refractivity contribution in [2.24, 2.45) is 0 Å². The third kappa shape index (κ3) is 6.52. The Morgan fingerprint density at radius 1 is 1.13 bits per heavy atom. The molecule has 0 amide bonds. The average molecular weight is 554 g/mol. The zero-order valence-corrected chi connectivity index (χ0v) is 22.5. The van der Waals surface area contributed by atoms with Crippen LogP contribution in [-0.2, 0) is 10.0 Å². The third-order valence-corrected chi connectivity index (χ3v) is 7.83. The van der Waals surface area contributed by atoms with E-state index in [1.807, 2.05) is 23.6 Å². The predicted molar refractivity (Wildman–Crippen MR) is 148 cm³/mol. The van der Waals surface area contributed by atoms with Crippen LogP contribution in [0.2, 0.25) is 0 Å². The number of benzene rings is 2. The van der Waals surface area contributed by atoms with Gasteiger partial charge >= 0.3 is 0 Å². The van der Waals surface area contributed by atoms with E-state index in [1.54, 1.807) is 43.6 Å². The van der Waals surface area contributed by atoms with Crippen molar-refractivity contribution in [3.63, 3.8) is 0 Å². The fourth-order valence-corrected chi connectivity index (χ4v) is 5.42. The van der Waals surface area contributed by atoms with Crippen LogP contribution in [-0.4, -0.2) is 39.6 Å². The van der Waals surface area contributed by atoms with E-state index < -0.39 is 10.0 Å². The molecule has 0 fully saturated rings. The first-order valence-electron chi connectivity index (χ1n) is 11.7. The Bertz CT molecular complexity index is 1520. The molecule has 2 N–H and O–H groups in total. The summed E-state index contributed by atoms with van der Waals surface area (Å²) in [7, 11) is -2.25. The first-order valence-corrected chi connectivity index (χ1v) is 14.1. The van der Waals surface area contributed by atoms with Crippen molar-refractivity contribution in [1.29, 1.82) is 0 Å². The van der Waals surface area contributed by atoms with Gasteiger partial charge in [0, 0.05) is 46.7 Å². The summed E-state index contributed by atoms with van der Waals surface area (Å²) in [5.41, 5.74) is 2.18. The Labute approximate surface area is 225 Å². The summed E-state index contributed by atoms with van der Waals surface area (Å²) in [4.78, 5) is 13.9. The maximum atomic E-state index is 12.9. The molecule has 0 saturated carbocycles. The molecule has 198 valence electrons. The van der Waals surface area contributed by atoms with Crippen LogP contribution in [0.1, 0.15) is 28.1 Å². The van der Waals surface area contributed by atoms with Gasteiger partial charge in [-0.05, 0) is 60.9 Å². The summed E-state index contributed by atoms with van der Waals surface area (Å²) in [5.74, 6) is 1.42. The number of hydrogen-bond acceptors (Lipinski definition) is 8. The Morgan fingerprint density at radius 3 is 2.55 bits per heavy atom. The van der Waals surface area contributed by atoms with Crippen LogP contribution in [0.15, 0.2) is 81.6 Å². The molecule has 2 heterocycles. The number of nitrogens with one attached hydrogen (secondary N) is 1. The van der Waals surface area contributed by atoms with Crippen molar-refractivity contribution in [3.05, 3.63) is 89.2 Å². The highest BCUT2D eigenvalue weighted by atomic mass is 32.2. The van der Waals surface area contributed by atoms with Crippen LogP contribution in [0, 0.1) is 6.92 Å². The fraction of sp³-hybridized carbons (Fsp3) is 0.179. The lowest BCUT2D eigenvalue weighted by atomic mass is 10.0. The minimum absolute atomic E-state index is 0.00295. The predicted octanol–water partition coefficient (Wildman–Crippen LogP) is 5.78. The largest absolute Gasteiger partial charge is 0.496 e. The van der Waals surface area contributed by atoms with Crippen molar-refractivity contribution in [3.8, 4) is 21.9 Å². The summed E-state index contributed by atoms with van der Waals surface area (Å²) in [5, 5.41) is 11.1. The highest BCUT2D eigenvalue weighted by molar-refractivity contribution is 7.92. The molecule has 2 aromatic carbocycles. The second-order valence-corrected chi connectivity index (χ2v) is 10.9. The first-order chi connectivity index (χ1) is 18.3. The van der Waals surface area contributed by atoms with E-state index in [0.717, 1.165) is 10.4 Å². The summed E-state index contributed by atoms with van der Waals surface area (Å²) in [6, 6.07) is 14.8. The molecule has 0 aliphatic heterocycles. The Hall–Kier alpha value is -3.86. The standard InChI is InChI=1S/C28H27NO7S2/c1-19-15-22(18-36-19)29-38(32,33)23-9-6-20(7-10-23)25(31)11-8-21-16-24(28-5-3-14-37-28)27(34-2)17-26(21)35-13-4-12-30/h3,5-11,14-18,29-30H,4,12-13H2,1-2H3/b11-8+. The normalized spacial score (nSPS) is 11.6. The quantitative estimate of drug-likeness (QED) is 0.130. The van der Waals surface area contributed by atoms with Crippen molar-refractivity contribution >= 4 is 38.9 Å². The fourth-order valence-electron chi connectivity index (χ4n) is 3.64. The SMILES string of the molecule is COc1cc(OCCCO)c(/C=C/C(=O)c2ccc(S(=O)(=O)Nc3coc(C)c3)cc2)cc1-c1cccs1. The van der Waals surface area contributed by atoms with Crippen molar-refractivity contribution in [2.75, 3.05) is 25.0 Å². The summed E-state index contributed by atoms with van der Waals surface area (Å²) in [6.45, 7) is 2.01. The van der Waals surface area contributed by atoms with Gasteiger partial charge < -0.3 is 19.0 Å². The summed E-state index contributed by atoms with van der Waals surface area (Å²) >= 11 is 1.56. The second kappa shape index (κ2) is 12.1. The third-order valence-electron chi connectivity index (χ3n) is 5.52. The minimum Gasteiger partial charge on any atom is -0.496 e. The highest BCUT2D eigenvalue weighted by Crippen LogP contribution is 2.39. The molecule has 0 radical (unpaired) electrons. The number of allylic oxidation sites excluding steroid dienone is 1. The first kappa shape index (κ1) is 27.2. The van der Waals surface area contributed by atoms with E-state index in [4.69, 9.17) is 19.0 Å². The number of thiophene rings is 1. The zero-order valence-electron chi connectivity index (χ0n) is 20.8. The van der Waals surface area contributed by atoms with Gasteiger partial charge in [0.2, 0.25) is 0 Å². The lowest BCUT2D eigenvalue weighted by Gasteiger charge is -2.14. The second-order valence-electron chi connectivity index (χ2n) is 8.27. The van der Waals surface area contributed by atoms with E-state index in [1.165, 1.54) is 36.6 Å². The molecular formula is C28H27NO7S2. The number of ketones is 1. The lowest BCUT2D eigenvalue weighted by molar-refractivity contribution is 0.104. The Kier molecular flexibility index (Phi) is 8.67.